The van der Waals surface area contributed by atoms with E-state index >= 15 is 0 Å². The van der Waals surface area contributed by atoms with Crippen LogP contribution in [0.2, 0.25) is 0 Å². The molecule has 4 aliphatic rings. The number of carbonyl (C=O) groups excluding carboxylic acids is 1. The number of hydrogen-bond donors (Lipinski definition) is 2. The first-order valence-electron chi connectivity index (χ1n) is 14.4. The Bertz CT molecular complexity index is 1380. The van der Waals surface area contributed by atoms with Gasteiger partial charge in [-0.25, -0.2) is 9.37 Å². The molecule has 0 radical (unpaired) electrons. The molecule has 204 valence electrons. The highest BCUT2D eigenvalue weighted by molar-refractivity contribution is 5.90. The molecule has 1 saturated carbocycles. The zero-order chi connectivity index (χ0) is 26.6. The Morgan fingerprint density at radius 2 is 2.10 bits per heavy atom. The molecule has 2 N–H and O–H groups in total. The van der Waals surface area contributed by atoms with Gasteiger partial charge in [-0.05, 0) is 84.6 Å². The summed E-state index contributed by atoms with van der Waals surface area (Å²) >= 11 is 0. The maximum Gasteiger partial charge on any atom is 0.225 e. The molecule has 7 nitrogen and oxygen atoms in total. The largest absolute Gasteiger partial charge is 0.378 e. The summed E-state index contributed by atoms with van der Waals surface area (Å²) < 4.78 is 20.1. The van der Waals surface area contributed by atoms with Crippen molar-refractivity contribution in [3.8, 4) is 0 Å². The zero-order valence-corrected chi connectivity index (χ0v) is 22.5. The van der Waals surface area contributed by atoms with E-state index < -0.39 is 0 Å². The lowest BCUT2D eigenvalue weighted by Gasteiger charge is -2.50. The van der Waals surface area contributed by atoms with Gasteiger partial charge in [0, 0.05) is 48.6 Å². The third-order valence-corrected chi connectivity index (χ3v) is 10.1. The van der Waals surface area contributed by atoms with Crippen LogP contribution in [0.15, 0.2) is 42.7 Å². The summed E-state index contributed by atoms with van der Waals surface area (Å²) in [6.07, 6.45) is 8.83. The lowest BCUT2D eigenvalue weighted by atomic mass is 9.53. The van der Waals surface area contributed by atoms with Gasteiger partial charge >= 0.3 is 0 Å². The van der Waals surface area contributed by atoms with Crippen molar-refractivity contribution in [2.24, 2.45) is 11.8 Å². The minimum atomic E-state index is -0.0559. The highest BCUT2D eigenvalue weighted by Gasteiger charge is 2.57. The Hall–Kier alpha value is -3.26. The van der Waals surface area contributed by atoms with E-state index in [0.717, 1.165) is 56.4 Å². The van der Waals surface area contributed by atoms with Gasteiger partial charge in [0.05, 0.1) is 19.4 Å². The van der Waals surface area contributed by atoms with Crippen molar-refractivity contribution < 1.29 is 13.9 Å². The second kappa shape index (κ2) is 9.73. The van der Waals surface area contributed by atoms with E-state index in [-0.39, 0.29) is 23.1 Å². The first kappa shape index (κ1) is 24.8. The number of carbonyl (C=O) groups is 1. The van der Waals surface area contributed by atoms with Gasteiger partial charge in [0.15, 0.2) is 0 Å². The summed E-state index contributed by atoms with van der Waals surface area (Å²) in [6, 6.07) is 9.55. The number of rotatable bonds is 5. The van der Waals surface area contributed by atoms with Crippen molar-refractivity contribution in [1.82, 2.24) is 15.2 Å². The number of nitrogens with one attached hydrogen (secondary N) is 2. The molecule has 2 fully saturated rings. The number of H-pyrrole nitrogens is 1. The van der Waals surface area contributed by atoms with Crippen LogP contribution in [-0.2, 0) is 21.4 Å². The molecule has 0 bridgehead atoms. The van der Waals surface area contributed by atoms with Gasteiger partial charge in [-0.2, -0.15) is 5.10 Å². The summed E-state index contributed by atoms with van der Waals surface area (Å²) in [4.78, 5) is 19.8. The standard InChI is InChI=1S/C31H36FN5O2/c1-31-11-9-21-20-3-2-4-26(32)22(20)5-6-23(21)29(31)24(25-18-34-36-30(25)31)7-8-28(38)35-27-17-19(10-12-33-27)37-13-15-39-16-14-37/h2-4,10,12,17-18,21,23-24,29H,5-9,11,13-16H2,1H3,(H,34,36)(H,33,35,38)/t21?,23?,24-,29?,31+/m1/s1. The maximum absolute atomic E-state index is 14.7. The van der Waals surface area contributed by atoms with Crippen LogP contribution < -0.4 is 10.2 Å². The third kappa shape index (κ3) is 4.15. The number of aromatic nitrogens is 3. The summed E-state index contributed by atoms with van der Waals surface area (Å²) in [5.41, 5.74) is 5.72. The van der Waals surface area contributed by atoms with Crippen LogP contribution >= 0.6 is 0 Å². The number of fused-ring (bicyclic) bond motifs is 7. The van der Waals surface area contributed by atoms with Gasteiger partial charge in [0.2, 0.25) is 5.91 Å². The number of ether oxygens (including phenoxy) is 1. The topological polar surface area (TPSA) is 83.1 Å². The number of pyridine rings is 1. The van der Waals surface area contributed by atoms with Crippen LogP contribution in [0.3, 0.4) is 0 Å². The number of morpholine rings is 1. The number of amides is 1. The molecule has 7 rings (SSSR count). The molecule has 3 aliphatic carbocycles. The number of anilines is 2. The SMILES string of the molecule is C[C@]12CCC3c4cccc(F)c4CCC3C1[C@H](CCC(=O)Nc1cc(N3CCOCC3)ccn1)c1cn[nH]c12. The number of aromatic amines is 1. The van der Waals surface area contributed by atoms with Gasteiger partial charge in [0.1, 0.15) is 11.6 Å². The van der Waals surface area contributed by atoms with Gasteiger partial charge < -0.3 is 15.0 Å². The molecule has 3 unspecified atom stereocenters. The third-order valence-electron chi connectivity index (χ3n) is 10.1. The molecule has 1 amide bonds. The van der Waals surface area contributed by atoms with Crippen LogP contribution in [0.4, 0.5) is 15.9 Å². The summed E-state index contributed by atoms with van der Waals surface area (Å²) in [5, 5.41) is 10.8. The van der Waals surface area contributed by atoms with Crippen molar-refractivity contribution >= 4 is 17.4 Å². The Balaban J connectivity index is 1.09. The fraction of sp³-hybridized carbons (Fsp3) is 0.516. The second-order valence-corrected chi connectivity index (χ2v) is 12.0. The zero-order valence-electron chi connectivity index (χ0n) is 22.5. The van der Waals surface area contributed by atoms with Crippen LogP contribution in [0.5, 0.6) is 0 Å². The van der Waals surface area contributed by atoms with Crippen LogP contribution in [0.1, 0.15) is 73.2 Å². The molecule has 5 atom stereocenters. The summed E-state index contributed by atoms with van der Waals surface area (Å²) in [6.45, 7) is 5.48. The molecule has 0 spiro atoms. The Morgan fingerprint density at radius 3 is 2.97 bits per heavy atom. The van der Waals surface area contributed by atoms with Gasteiger partial charge in [-0.1, -0.05) is 19.1 Å². The lowest BCUT2D eigenvalue weighted by Crippen LogP contribution is -2.44. The highest BCUT2D eigenvalue weighted by atomic mass is 19.1. The molecule has 1 aliphatic heterocycles. The van der Waals surface area contributed by atoms with Crippen molar-refractivity contribution in [3.63, 3.8) is 0 Å². The number of benzene rings is 1. The van der Waals surface area contributed by atoms with E-state index in [4.69, 9.17) is 4.74 Å². The van der Waals surface area contributed by atoms with Crippen molar-refractivity contribution in [3.05, 3.63) is 70.9 Å². The minimum absolute atomic E-state index is 0.00696. The van der Waals surface area contributed by atoms with E-state index in [9.17, 15) is 9.18 Å². The second-order valence-electron chi connectivity index (χ2n) is 12.0. The van der Waals surface area contributed by atoms with E-state index in [2.05, 4.69) is 38.4 Å². The first-order valence-corrected chi connectivity index (χ1v) is 14.4. The van der Waals surface area contributed by atoms with Crippen molar-refractivity contribution in [1.29, 1.82) is 0 Å². The summed E-state index contributed by atoms with van der Waals surface area (Å²) in [7, 11) is 0. The fourth-order valence-electron chi connectivity index (χ4n) is 8.42. The molecule has 1 saturated heterocycles. The number of hydrogen-bond acceptors (Lipinski definition) is 5. The Labute approximate surface area is 228 Å². The van der Waals surface area contributed by atoms with E-state index in [1.54, 1.807) is 12.3 Å². The highest BCUT2D eigenvalue weighted by Crippen LogP contribution is 2.64. The molecule has 2 aromatic heterocycles. The molecule has 1 aromatic carbocycles. The molecule has 39 heavy (non-hydrogen) atoms. The van der Waals surface area contributed by atoms with Crippen molar-refractivity contribution in [2.75, 3.05) is 36.5 Å². The van der Waals surface area contributed by atoms with Crippen LogP contribution in [-0.4, -0.2) is 47.4 Å². The van der Waals surface area contributed by atoms with E-state index in [0.29, 0.717) is 43.2 Å². The molecular formula is C31H36FN5O2. The molecule has 3 aromatic rings. The maximum atomic E-state index is 14.7. The first-order chi connectivity index (χ1) is 19.0. The molecule has 8 heteroatoms. The van der Waals surface area contributed by atoms with E-state index in [1.807, 2.05) is 24.4 Å². The average Bonchev–Trinajstić information content (AvgIpc) is 3.53. The van der Waals surface area contributed by atoms with Gasteiger partial charge in [0.25, 0.3) is 0 Å². The number of halogens is 1. The monoisotopic (exact) mass is 529 g/mol. The number of nitrogens with zero attached hydrogens (tertiary/aromatic N) is 3. The van der Waals surface area contributed by atoms with E-state index in [1.165, 1.54) is 16.8 Å². The predicted molar refractivity (Wildman–Crippen MR) is 147 cm³/mol. The van der Waals surface area contributed by atoms with Gasteiger partial charge in [-0.15, -0.1) is 0 Å². The molecule has 3 heterocycles. The normalized spacial score (nSPS) is 29.2. The van der Waals surface area contributed by atoms with Crippen molar-refractivity contribution in [2.45, 2.75) is 62.7 Å². The Kier molecular flexibility index (Phi) is 6.18. The summed E-state index contributed by atoms with van der Waals surface area (Å²) in [5.74, 6) is 2.04. The van der Waals surface area contributed by atoms with Gasteiger partial charge in [-0.3, -0.25) is 9.89 Å². The average molecular weight is 530 g/mol. The minimum Gasteiger partial charge on any atom is -0.378 e. The van der Waals surface area contributed by atoms with Crippen LogP contribution in [0, 0.1) is 17.7 Å². The van der Waals surface area contributed by atoms with Crippen LogP contribution in [0.25, 0.3) is 0 Å². The fourth-order valence-corrected chi connectivity index (χ4v) is 8.42. The molecular weight excluding hydrogens is 493 g/mol. The Morgan fingerprint density at radius 1 is 1.23 bits per heavy atom. The predicted octanol–water partition coefficient (Wildman–Crippen LogP) is 5.31. The quantitative estimate of drug-likeness (QED) is 0.468. The lowest BCUT2D eigenvalue weighted by molar-refractivity contribution is -0.116. The smallest absolute Gasteiger partial charge is 0.225 e.